The van der Waals surface area contributed by atoms with E-state index in [4.69, 9.17) is 9.84 Å². The first-order valence-electron chi connectivity index (χ1n) is 5.16. The normalized spacial score (nSPS) is 17.6. The molecule has 0 spiro atoms. The summed E-state index contributed by atoms with van der Waals surface area (Å²) in [7, 11) is 0. The highest BCUT2D eigenvalue weighted by atomic mass is 32.1. The number of aryl methyl sites for hydroxylation is 1. The summed E-state index contributed by atoms with van der Waals surface area (Å²) >= 11 is 1.46. The van der Waals surface area contributed by atoms with Crippen LogP contribution >= 0.6 is 11.3 Å². The fourth-order valence-electron chi connectivity index (χ4n) is 1.67. The van der Waals surface area contributed by atoms with Gasteiger partial charge in [-0.05, 0) is 6.92 Å². The first-order valence-corrected chi connectivity index (χ1v) is 5.98. The van der Waals surface area contributed by atoms with E-state index < -0.39 is 5.97 Å². The number of carbonyl (C=O) groups is 1. The molecule has 0 atom stereocenters. The van der Waals surface area contributed by atoms with Crippen molar-refractivity contribution in [2.24, 2.45) is 0 Å². The van der Waals surface area contributed by atoms with Gasteiger partial charge in [-0.3, -0.25) is 4.90 Å². The van der Waals surface area contributed by atoms with Crippen molar-refractivity contribution in [3.8, 4) is 0 Å². The Labute approximate surface area is 97.7 Å². The molecule has 0 amide bonds. The topological polar surface area (TPSA) is 62.7 Å². The minimum atomic E-state index is -0.943. The van der Waals surface area contributed by atoms with Crippen LogP contribution in [0.15, 0.2) is 0 Å². The highest BCUT2D eigenvalue weighted by Crippen LogP contribution is 2.19. The second kappa shape index (κ2) is 4.90. The fraction of sp³-hybridized carbons (Fsp3) is 0.600. The molecule has 0 aliphatic carbocycles. The van der Waals surface area contributed by atoms with Gasteiger partial charge in [0.15, 0.2) is 5.69 Å². The van der Waals surface area contributed by atoms with Crippen LogP contribution in [-0.4, -0.2) is 47.3 Å². The summed E-state index contributed by atoms with van der Waals surface area (Å²) < 4.78 is 5.25. The van der Waals surface area contributed by atoms with Crippen molar-refractivity contribution >= 4 is 17.3 Å². The van der Waals surface area contributed by atoms with Crippen LogP contribution in [-0.2, 0) is 11.3 Å². The van der Waals surface area contributed by atoms with E-state index in [2.05, 4.69) is 9.88 Å². The summed E-state index contributed by atoms with van der Waals surface area (Å²) in [4.78, 5) is 18.0. The third-order valence-corrected chi connectivity index (χ3v) is 3.46. The zero-order valence-corrected chi connectivity index (χ0v) is 9.92. The molecule has 0 radical (unpaired) electrons. The Morgan fingerprint density at radius 1 is 1.56 bits per heavy atom. The summed E-state index contributed by atoms with van der Waals surface area (Å²) in [5.41, 5.74) is 0.188. The van der Waals surface area contributed by atoms with E-state index >= 15 is 0 Å². The third kappa shape index (κ3) is 2.58. The van der Waals surface area contributed by atoms with E-state index in [-0.39, 0.29) is 5.69 Å². The SMILES string of the molecule is Cc1sc(CN2CCOCC2)nc1C(=O)O. The van der Waals surface area contributed by atoms with Crippen LogP contribution in [0.3, 0.4) is 0 Å². The average Bonchev–Trinajstić information content (AvgIpc) is 2.61. The van der Waals surface area contributed by atoms with Gasteiger partial charge in [-0.15, -0.1) is 11.3 Å². The first-order chi connectivity index (χ1) is 7.66. The lowest BCUT2D eigenvalue weighted by Gasteiger charge is -2.25. The molecule has 16 heavy (non-hydrogen) atoms. The van der Waals surface area contributed by atoms with Crippen LogP contribution in [0.1, 0.15) is 20.4 Å². The van der Waals surface area contributed by atoms with Crippen LogP contribution < -0.4 is 0 Å². The molecule has 6 heteroatoms. The molecule has 1 fully saturated rings. The molecule has 5 nitrogen and oxygen atoms in total. The van der Waals surface area contributed by atoms with Gasteiger partial charge in [0, 0.05) is 18.0 Å². The number of hydrogen-bond donors (Lipinski definition) is 1. The number of rotatable bonds is 3. The molecule has 0 aromatic carbocycles. The molecule has 1 saturated heterocycles. The van der Waals surface area contributed by atoms with Gasteiger partial charge in [0.25, 0.3) is 0 Å². The molecule has 1 aliphatic rings. The monoisotopic (exact) mass is 242 g/mol. The molecule has 1 aromatic rings. The van der Waals surface area contributed by atoms with Crippen LogP contribution in [0.25, 0.3) is 0 Å². The van der Waals surface area contributed by atoms with Gasteiger partial charge in [-0.2, -0.15) is 0 Å². The van der Waals surface area contributed by atoms with Gasteiger partial charge in [-0.25, -0.2) is 9.78 Å². The average molecular weight is 242 g/mol. The molecule has 1 aliphatic heterocycles. The molecule has 2 rings (SSSR count). The number of aromatic carboxylic acids is 1. The summed E-state index contributed by atoms with van der Waals surface area (Å²) in [6, 6.07) is 0. The maximum atomic E-state index is 10.8. The zero-order valence-electron chi connectivity index (χ0n) is 9.10. The number of morpholine rings is 1. The second-order valence-corrected chi connectivity index (χ2v) is 4.99. The smallest absolute Gasteiger partial charge is 0.355 e. The number of nitrogens with zero attached hydrogens (tertiary/aromatic N) is 2. The number of ether oxygens (including phenoxy) is 1. The molecule has 0 saturated carbocycles. The quantitative estimate of drug-likeness (QED) is 0.856. The van der Waals surface area contributed by atoms with E-state index in [1.54, 1.807) is 6.92 Å². The molecular formula is C10H14N2O3S. The Morgan fingerprint density at radius 3 is 2.81 bits per heavy atom. The van der Waals surface area contributed by atoms with Gasteiger partial charge >= 0.3 is 5.97 Å². The number of hydrogen-bond acceptors (Lipinski definition) is 5. The van der Waals surface area contributed by atoms with Crippen LogP contribution in [0.5, 0.6) is 0 Å². The van der Waals surface area contributed by atoms with E-state index in [0.29, 0.717) is 0 Å². The lowest BCUT2D eigenvalue weighted by molar-refractivity contribution is 0.0341. The molecule has 1 aromatic heterocycles. The second-order valence-electron chi connectivity index (χ2n) is 3.71. The van der Waals surface area contributed by atoms with Crippen molar-refractivity contribution in [2.45, 2.75) is 13.5 Å². The molecule has 1 N–H and O–H groups in total. The maximum Gasteiger partial charge on any atom is 0.355 e. The minimum Gasteiger partial charge on any atom is -0.476 e. The highest BCUT2D eigenvalue weighted by molar-refractivity contribution is 7.11. The Balaban J connectivity index is 2.03. The Kier molecular flexibility index (Phi) is 3.52. The van der Waals surface area contributed by atoms with Crippen molar-refractivity contribution in [1.82, 2.24) is 9.88 Å². The predicted octanol–water partition coefficient (Wildman–Crippen LogP) is 0.982. The first kappa shape index (κ1) is 11.5. The predicted molar refractivity (Wildman–Crippen MR) is 59.9 cm³/mol. The highest BCUT2D eigenvalue weighted by Gasteiger charge is 2.17. The van der Waals surface area contributed by atoms with E-state index in [1.165, 1.54) is 11.3 Å². The molecular weight excluding hydrogens is 228 g/mol. The standard InChI is InChI=1S/C10H14N2O3S/c1-7-9(10(13)14)11-8(16-7)6-12-2-4-15-5-3-12/h2-6H2,1H3,(H,13,14). The number of carboxylic acids is 1. The van der Waals surface area contributed by atoms with Crippen LogP contribution in [0.4, 0.5) is 0 Å². The Morgan fingerprint density at radius 2 is 2.25 bits per heavy atom. The van der Waals surface area contributed by atoms with Crippen molar-refractivity contribution < 1.29 is 14.6 Å². The summed E-state index contributed by atoms with van der Waals surface area (Å²) in [6.45, 7) is 5.79. The van der Waals surface area contributed by atoms with Gasteiger partial charge < -0.3 is 9.84 Å². The largest absolute Gasteiger partial charge is 0.476 e. The minimum absolute atomic E-state index is 0.188. The molecule has 0 unspecified atom stereocenters. The van der Waals surface area contributed by atoms with Gasteiger partial charge in [0.1, 0.15) is 5.01 Å². The number of carboxylic acid groups (broad SMARTS) is 1. The molecule has 88 valence electrons. The molecule has 0 bridgehead atoms. The van der Waals surface area contributed by atoms with Crippen LogP contribution in [0.2, 0.25) is 0 Å². The van der Waals surface area contributed by atoms with Gasteiger partial charge in [0.2, 0.25) is 0 Å². The van der Waals surface area contributed by atoms with Gasteiger partial charge in [0.05, 0.1) is 19.8 Å². The Bertz CT molecular complexity index is 385. The lowest BCUT2D eigenvalue weighted by Crippen LogP contribution is -2.35. The molecule has 2 heterocycles. The summed E-state index contributed by atoms with van der Waals surface area (Å²) in [5.74, 6) is -0.943. The lowest BCUT2D eigenvalue weighted by atomic mass is 10.4. The van der Waals surface area contributed by atoms with E-state index in [9.17, 15) is 4.79 Å². The maximum absolute atomic E-state index is 10.8. The third-order valence-electron chi connectivity index (χ3n) is 2.51. The van der Waals surface area contributed by atoms with Crippen molar-refractivity contribution in [3.05, 3.63) is 15.6 Å². The summed E-state index contributed by atoms with van der Waals surface area (Å²) in [5, 5.41) is 9.77. The fourth-order valence-corrected chi connectivity index (χ4v) is 2.64. The number of thiazole rings is 1. The number of aromatic nitrogens is 1. The van der Waals surface area contributed by atoms with E-state index in [1.807, 2.05) is 0 Å². The van der Waals surface area contributed by atoms with Crippen molar-refractivity contribution in [2.75, 3.05) is 26.3 Å². The van der Waals surface area contributed by atoms with Crippen LogP contribution in [0, 0.1) is 6.92 Å². The van der Waals surface area contributed by atoms with Crippen molar-refractivity contribution in [3.63, 3.8) is 0 Å². The van der Waals surface area contributed by atoms with E-state index in [0.717, 1.165) is 42.7 Å². The van der Waals surface area contributed by atoms with Gasteiger partial charge in [-0.1, -0.05) is 0 Å². The summed E-state index contributed by atoms with van der Waals surface area (Å²) in [6.07, 6.45) is 0. The Hall–Kier alpha value is -0.980. The zero-order chi connectivity index (χ0) is 11.5. The van der Waals surface area contributed by atoms with Crippen molar-refractivity contribution in [1.29, 1.82) is 0 Å².